The zero-order chi connectivity index (χ0) is 14.8. The number of aromatic nitrogens is 2. The van der Waals surface area contributed by atoms with Crippen molar-refractivity contribution >= 4 is 15.7 Å². The maximum Gasteiger partial charge on any atom is 0.231 e. The SMILES string of the molecule is CS(=O)(=O)c1cn[nH]c1C[C@@H]1CCCN(CC(N)=O)C1. The van der Waals surface area contributed by atoms with Crippen LogP contribution in [0, 0.1) is 5.92 Å². The van der Waals surface area contributed by atoms with Crippen LogP contribution in [0.2, 0.25) is 0 Å². The molecule has 1 aliphatic rings. The molecule has 0 saturated carbocycles. The summed E-state index contributed by atoms with van der Waals surface area (Å²) in [5.41, 5.74) is 5.86. The molecule has 1 fully saturated rings. The highest BCUT2D eigenvalue weighted by Crippen LogP contribution is 2.23. The molecule has 1 saturated heterocycles. The van der Waals surface area contributed by atoms with Crippen LogP contribution in [0.25, 0.3) is 0 Å². The van der Waals surface area contributed by atoms with Crippen LogP contribution in [0.15, 0.2) is 11.1 Å². The lowest BCUT2D eigenvalue weighted by molar-refractivity contribution is -0.119. The van der Waals surface area contributed by atoms with Crippen LogP contribution in [0.3, 0.4) is 0 Å². The third kappa shape index (κ3) is 3.80. The number of hydrogen-bond donors (Lipinski definition) is 2. The second-order valence-corrected chi connectivity index (χ2v) is 7.38. The molecule has 0 bridgehead atoms. The summed E-state index contributed by atoms with van der Waals surface area (Å²) < 4.78 is 23.3. The number of carbonyl (C=O) groups excluding carboxylic acids is 1. The zero-order valence-corrected chi connectivity index (χ0v) is 12.3. The molecule has 20 heavy (non-hydrogen) atoms. The average Bonchev–Trinajstić information content (AvgIpc) is 2.76. The van der Waals surface area contributed by atoms with Crippen molar-refractivity contribution in [2.45, 2.75) is 24.2 Å². The molecule has 0 radical (unpaired) electrons. The van der Waals surface area contributed by atoms with Gasteiger partial charge in [0.15, 0.2) is 9.84 Å². The van der Waals surface area contributed by atoms with Gasteiger partial charge in [0.2, 0.25) is 5.91 Å². The first kappa shape index (κ1) is 15.0. The molecule has 1 aliphatic heterocycles. The fourth-order valence-corrected chi connectivity index (χ4v) is 3.56. The molecule has 8 heteroatoms. The summed E-state index contributed by atoms with van der Waals surface area (Å²) in [7, 11) is -3.25. The van der Waals surface area contributed by atoms with Crippen molar-refractivity contribution in [1.29, 1.82) is 0 Å². The largest absolute Gasteiger partial charge is 0.369 e. The number of nitrogens with one attached hydrogen (secondary N) is 1. The number of amides is 1. The number of likely N-dealkylation sites (tertiary alicyclic amines) is 1. The van der Waals surface area contributed by atoms with Crippen molar-refractivity contribution in [3.05, 3.63) is 11.9 Å². The van der Waals surface area contributed by atoms with Crippen LogP contribution in [0.4, 0.5) is 0 Å². The standard InChI is InChI=1S/C12H20N4O3S/c1-20(18,19)11-6-14-15-10(11)5-9-3-2-4-16(7-9)8-12(13)17/h6,9H,2-5,7-8H2,1H3,(H2,13,17)(H,14,15)/t9-/m0/s1. The van der Waals surface area contributed by atoms with Crippen LogP contribution in [0.5, 0.6) is 0 Å². The number of sulfone groups is 1. The van der Waals surface area contributed by atoms with E-state index in [1.165, 1.54) is 12.5 Å². The van der Waals surface area contributed by atoms with Gasteiger partial charge in [-0.25, -0.2) is 8.42 Å². The molecule has 2 heterocycles. The van der Waals surface area contributed by atoms with E-state index in [4.69, 9.17) is 5.73 Å². The quantitative estimate of drug-likeness (QED) is 0.765. The first-order chi connectivity index (χ1) is 9.36. The molecule has 1 atom stereocenters. The van der Waals surface area contributed by atoms with E-state index in [2.05, 4.69) is 10.2 Å². The molecule has 112 valence electrons. The minimum absolute atomic E-state index is 0.262. The highest BCUT2D eigenvalue weighted by atomic mass is 32.2. The monoisotopic (exact) mass is 300 g/mol. The first-order valence-electron chi connectivity index (χ1n) is 6.59. The summed E-state index contributed by atoms with van der Waals surface area (Å²) in [4.78, 5) is 13.3. The predicted octanol–water partition coefficient (Wildman–Crippen LogP) is -0.447. The summed E-state index contributed by atoms with van der Waals surface area (Å²) in [6.45, 7) is 1.88. The Hall–Kier alpha value is -1.41. The molecule has 3 N–H and O–H groups in total. The maximum absolute atomic E-state index is 11.6. The maximum atomic E-state index is 11.6. The van der Waals surface area contributed by atoms with Crippen LogP contribution in [0.1, 0.15) is 18.5 Å². The Morgan fingerprint density at radius 1 is 1.60 bits per heavy atom. The number of piperidine rings is 1. The van der Waals surface area contributed by atoms with Gasteiger partial charge in [-0.2, -0.15) is 5.10 Å². The molecule has 1 aromatic rings. The van der Waals surface area contributed by atoms with E-state index in [0.717, 1.165) is 25.9 Å². The molecule has 0 unspecified atom stereocenters. The van der Waals surface area contributed by atoms with Crippen molar-refractivity contribution in [1.82, 2.24) is 15.1 Å². The van der Waals surface area contributed by atoms with Gasteiger partial charge in [-0.1, -0.05) is 0 Å². The van der Waals surface area contributed by atoms with E-state index >= 15 is 0 Å². The van der Waals surface area contributed by atoms with Crippen LogP contribution < -0.4 is 5.73 Å². The van der Waals surface area contributed by atoms with Crippen molar-refractivity contribution in [2.75, 3.05) is 25.9 Å². The van der Waals surface area contributed by atoms with Crippen molar-refractivity contribution < 1.29 is 13.2 Å². The number of primary amides is 1. The highest BCUT2D eigenvalue weighted by Gasteiger charge is 2.24. The van der Waals surface area contributed by atoms with E-state index in [1.54, 1.807) is 0 Å². The molecule has 2 rings (SSSR count). The van der Waals surface area contributed by atoms with Gasteiger partial charge in [-0.3, -0.25) is 14.8 Å². The second kappa shape index (κ2) is 5.92. The summed E-state index contributed by atoms with van der Waals surface area (Å²) >= 11 is 0. The summed E-state index contributed by atoms with van der Waals surface area (Å²) in [6.07, 6.45) is 5.16. The lowest BCUT2D eigenvalue weighted by Crippen LogP contribution is -2.41. The zero-order valence-electron chi connectivity index (χ0n) is 11.5. The van der Waals surface area contributed by atoms with Gasteiger partial charge in [-0.05, 0) is 31.7 Å². The topological polar surface area (TPSA) is 109 Å². The van der Waals surface area contributed by atoms with Crippen molar-refractivity contribution in [3.63, 3.8) is 0 Å². The number of carbonyl (C=O) groups is 1. The lowest BCUT2D eigenvalue weighted by atomic mass is 9.93. The summed E-state index contributed by atoms with van der Waals surface area (Å²) in [5.74, 6) is -0.0203. The van der Waals surface area contributed by atoms with E-state index in [9.17, 15) is 13.2 Å². The van der Waals surface area contributed by atoms with Gasteiger partial charge in [0.1, 0.15) is 4.90 Å². The average molecular weight is 300 g/mol. The van der Waals surface area contributed by atoms with Crippen molar-refractivity contribution in [2.24, 2.45) is 11.7 Å². The minimum atomic E-state index is -3.25. The van der Waals surface area contributed by atoms with Crippen LogP contribution in [-0.4, -0.2) is 55.3 Å². The number of H-pyrrole nitrogens is 1. The molecule has 1 aromatic heterocycles. The summed E-state index contributed by atoms with van der Waals surface area (Å²) in [5, 5.41) is 6.61. The molecule has 1 amide bonds. The Balaban J connectivity index is 2.03. The van der Waals surface area contributed by atoms with Gasteiger partial charge in [0, 0.05) is 12.8 Å². The lowest BCUT2D eigenvalue weighted by Gasteiger charge is -2.31. The number of aromatic amines is 1. The minimum Gasteiger partial charge on any atom is -0.369 e. The van der Waals surface area contributed by atoms with Gasteiger partial charge in [0.05, 0.1) is 18.4 Å². The number of hydrogen-bond acceptors (Lipinski definition) is 5. The predicted molar refractivity (Wildman–Crippen MR) is 73.8 cm³/mol. The second-order valence-electron chi connectivity index (χ2n) is 5.40. The van der Waals surface area contributed by atoms with E-state index in [1.807, 2.05) is 4.90 Å². The Morgan fingerprint density at radius 3 is 3.00 bits per heavy atom. The van der Waals surface area contributed by atoms with E-state index in [-0.39, 0.29) is 17.3 Å². The van der Waals surface area contributed by atoms with Crippen LogP contribution in [-0.2, 0) is 21.1 Å². The fraction of sp³-hybridized carbons (Fsp3) is 0.667. The Labute approximate surface area is 118 Å². The Kier molecular flexibility index (Phi) is 4.44. The smallest absolute Gasteiger partial charge is 0.231 e. The van der Waals surface area contributed by atoms with E-state index in [0.29, 0.717) is 18.0 Å². The first-order valence-corrected chi connectivity index (χ1v) is 8.48. The Morgan fingerprint density at radius 2 is 2.35 bits per heavy atom. The molecule has 0 aliphatic carbocycles. The van der Waals surface area contributed by atoms with Crippen molar-refractivity contribution in [3.8, 4) is 0 Å². The molecule has 0 spiro atoms. The van der Waals surface area contributed by atoms with Crippen LogP contribution >= 0.6 is 0 Å². The fourth-order valence-electron chi connectivity index (χ4n) is 2.74. The number of nitrogens with two attached hydrogens (primary N) is 1. The third-order valence-corrected chi connectivity index (χ3v) is 4.70. The normalized spacial score (nSPS) is 20.9. The number of nitrogens with zero attached hydrogens (tertiary/aromatic N) is 2. The molecular weight excluding hydrogens is 280 g/mol. The third-order valence-electron chi connectivity index (χ3n) is 3.55. The van der Waals surface area contributed by atoms with Gasteiger partial charge in [0.25, 0.3) is 0 Å². The number of rotatable bonds is 5. The highest BCUT2D eigenvalue weighted by molar-refractivity contribution is 7.90. The van der Waals surface area contributed by atoms with Gasteiger partial charge in [-0.15, -0.1) is 0 Å². The molecule has 0 aromatic carbocycles. The van der Waals surface area contributed by atoms with Gasteiger partial charge < -0.3 is 5.73 Å². The van der Waals surface area contributed by atoms with Gasteiger partial charge >= 0.3 is 0 Å². The Bertz CT molecular complexity index is 581. The van der Waals surface area contributed by atoms with E-state index < -0.39 is 9.84 Å². The molecular formula is C12H20N4O3S. The molecule has 7 nitrogen and oxygen atoms in total. The summed E-state index contributed by atoms with van der Waals surface area (Å²) in [6, 6.07) is 0.